The molecule has 1 N–H and O–H groups in total. The van der Waals surface area contributed by atoms with Gasteiger partial charge in [-0.2, -0.15) is 0 Å². The van der Waals surface area contributed by atoms with E-state index in [1.165, 1.54) is 29.7 Å². The molecule has 0 bridgehead atoms. The fourth-order valence-electron chi connectivity index (χ4n) is 3.33. The van der Waals surface area contributed by atoms with Crippen LogP contribution in [0.2, 0.25) is 0 Å². The molecule has 3 heteroatoms. The zero-order valence-electron chi connectivity index (χ0n) is 11.3. The van der Waals surface area contributed by atoms with Gasteiger partial charge in [0.2, 0.25) is 0 Å². The predicted molar refractivity (Wildman–Crippen MR) is 74.8 cm³/mol. The molecule has 2 aliphatic heterocycles. The number of likely N-dealkylation sites (N-methyl/N-ethyl adjacent to an activating group) is 1. The summed E-state index contributed by atoms with van der Waals surface area (Å²) in [7, 11) is 3.98. The molecular formula is C15H22N2O. The van der Waals surface area contributed by atoms with E-state index in [2.05, 4.69) is 29.4 Å². The van der Waals surface area contributed by atoms with Crippen molar-refractivity contribution in [2.24, 2.45) is 0 Å². The molecule has 0 aliphatic carbocycles. The maximum Gasteiger partial charge on any atom is 0.127 e. The van der Waals surface area contributed by atoms with Crippen molar-refractivity contribution in [2.75, 3.05) is 38.7 Å². The molecule has 0 spiro atoms. The summed E-state index contributed by atoms with van der Waals surface area (Å²) in [5.41, 5.74) is 4.19. The summed E-state index contributed by atoms with van der Waals surface area (Å²) in [6.45, 7) is 3.37. The maximum absolute atomic E-state index is 5.74. The van der Waals surface area contributed by atoms with Gasteiger partial charge in [0.05, 0.1) is 7.11 Å². The van der Waals surface area contributed by atoms with E-state index < -0.39 is 0 Å². The number of nitrogens with one attached hydrogen (secondary N) is 1. The Labute approximate surface area is 109 Å². The van der Waals surface area contributed by atoms with E-state index in [-0.39, 0.29) is 0 Å². The molecule has 0 aromatic heterocycles. The van der Waals surface area contributed by atoms with E-state index in [4.69, 9.17) is 4.74 Å². The molecule has 2 aliphatic rings. The van der Waals surface area contributed by atoms with Crippen molar-refractivity contribution in [3.8, 4) is 5.75 Å². The van der Waals surface area contributed by atoms with Gasteiger partial charge in [0.25, 0.3) is 0 Å². The van der Waals surface area contributed by atoms with Crippen LogP contribution < -0.4 is 15.0 Å². The Bertz CT molecular complexity index is 438. The molecule has 18 heavy (non-hydrogen) atoms. The molecule has 0 amide bonds. The van der Waals surface area contributed by atoms with Crippen molar-refractivity contribution >= 4 is 5.69 Å². The maximum atomic E-state index is 5.74. The minimum atomic E-state index is 0.664. The van der Waals surface area contributed by atoms with Crippen LogP contribution in [0.5, 0.6) is 5.75 Å². The number of ether oxygens (including phenoxy) is 1. The van der Waals surface area contributed by atoms with Gasteiger partial charge in [-0.05, 0) is 49.9 Å². The Morgan fingerprint density at radius 1 is 1.28 bits per heavy atom. The average Bonchev–Trinajstić information content (AvgIpc) is 2.80. The van der Waals surface area contributed by atoms with Crippen LogP contribution in [0.25, 0.3) is 0 Å². The van der Waals surface area contributed by atoms with Crippen molar-refractivity contribution in [3.63, 3.8) is 0 Å². The Balaban J connectivity index is 1.99. The third kappa shape index (κ3) is 1.87. The van der Waals surface area contributed by atoms with Crippen molar-refractivity contribution in [2.45, 2.75) is 25.2 Å². The minimum absolute atomic E-state index is 0.664. The van der Waals surface area contributed by atoms with E-state index in [1.54, 1.807) is 0 Å². The summed E-state index contributed by atoms with van der Waals surface area (Å²) in [5.74, 6) is 1.82. The molecule has 1 fully saturated rings. The Hall–Kier alpha value is -1.22. The molecule has 2 heterocycles. The molecule has 3 rings (SSSR count). The van der Waals surface area contributed by atoms with E-state index >= 15 is 0 Å². The van der Waals surface area contributed by atoms with Gasteiger partial charge in [-0.15, -0.1) is 0 Å². The van der Waals surface area contributed by atoms with Crippen LogP contribution in [0.3, 0.4) is 0 Å². The third-order valence-corrected chi connectivity index (χ3v) is 4.36. The molecule has 1 aromatic rings. The lowest BCUT2D eigenvalue weighted by Gasteiger charge is -2.26. The van der Waals surface area contributed by atoms with Crippen LogP contribution in [0, 0.1) is 0 Å². The van der Waals surface area contributed by atoms with Gasteiger partial charge < -0.3 is 15.0 Å². The first kappa shape index (κ1) is 11.8. The zero-order valence-corrected chi connectivity index (χ0v) is 11.3. The first-order chi connectivity index (χ1) is 8.81. The Kier molecular flexibility index (Phi) is 3.16. The van der Waals surface area contributed by atoms with Crippen LogP contribution in [0.15, 0.2) is 12.1 Å². The lowest BCUT2D eigenvalue weighted by Crippen LogP contribution is -2.26. The highest BCUT2D eigenvalue weighted by atomic mass is 16.5. The first-order valence-corrected chi connectivity index (χ1v) is 6.93. The third-order valence-electron chi connectivity index (χ3n) is 4.36. The highest BCUT2D eigenvalue weighted by Gasteiger charge is 2.26. The van der Waals surface area contributed by atoms with Gasteiger partial charge in [0.15, 0.2) is 0 Å². The number of rotatable bonds is 2. The summed E-state index contributed by atoms with van der Waals surface area (Å²) >= 11 is 0. The normalized spacial score (nSPS) is 20.0. The number of methoxy groups -OCH3 is 1. The molecule has 0 saturated carbocycles. The van der Waals surface area contributed by atoms with Gasteiger partial charge in [-0.1, -0.05) is 6.07 Å². The molecule has 0 atom stereocenters. The largest absolute Gasteiger partial charge is 0.496 e. The summed E-state index contributed by atoms with van der Waals surface area (Å²) < 4.78 is 5.74. The number of anilines is 1. The predicted octanol–water partition coefficient (Wildman–Crippen LogP) is 2.15. The van der Waals surface area contributed by atoms with Gasteiger partial charge in [-0.25, -0.2) is 0 Å². The van der Waals surface area contributed by atoms with Crippen LogP contribution in [-0.2, 0) is 6.42 Å². The van der Waals surface area contributed by atoms with Crippen LogP contribution in [0.1, 0.15) is 29.9 Å². The van der Waals surface area contributed by atoms with E-state index in [0.29, 0.717) is 5.92 Å². The molecule has 1 aromatic carbocycles. The van der Waals surface area contributed by atoms with E-state index in [9.17, 15) is 0 Å². The number of nitrogens with zero attached hydrogens (tertiary/aromatic N) is 1. The van der Waals surface area contributed by atoms with Crippen molar-refractivity contribution in [1.82, 2.24) is 5.32 Å². The zero-order chi connectivity index (χ0) is 12.5. The van der Waals surface area contributed by atoms with E-state index in [0.717, 1.165) is 31.8 Å². The minimum Gasteiger partial charge on any atom is -0.496 e. The molecule has 1 saturated heterocycles. The number of hydrogen-bond acceptors (Lipinski definition) is 3. The lowest BCUT2D eigenvalue weighted by atomic mass is 9.88. The van der Waals surface area contributed by atoms with Gasteiger partial charge in [0.1, 0.15) is 5.75 Å². The monoisotopic (exact) mass is 246 g/mol. The van der Waals surface area contributed by atoms with E-state index in [1.807, 2.05) is 7.11 Å². The Morgan fingerprint density at radius 3 is 2.78 bits per heavy atom. The summed E-state index contributed by atoms with van der Waals surface area (Å²) in [5, 5.41) is 3.43. The fourth-order valence-corrected chi connectivity index (χ4v) is 3.33. The topological polar surface area (TPSA) is 24.5 Å². The standard InChI is InChI=1S/C15H22N2O/c1-17-10-7-13-14(17)4-3-12(15(13)18-2)11-5-8-16-9-6-11/h3-4,11,16H,5-10H2,1-2H3. The highest BCUT2D eigenvalue weighted by molar-refractivity contribution is 5.65. The SMILES string of the molecule is COc1c(C2CCNCC2)ccc2c1CCN2C. The second-order valence-electron chi connectivity index (χ2n) is 5.38. The van der Waals surface area contributed by atoms with Crippen LogP contribution >= 0.6 is 0 Å². The number of fused-ring (bicyclic) bond motifs is 1. The van der Waals surface area contributed by atoms with Crippen molar-refractivity contribution < 1.29 is 4.74 Å². The molecular weight excluding hydrogens is 224 g/mol. The van der Waals surface area contributed by atoms with Crippen molar-refractivity contribution in [1.29, 1.82) is 0 Å². The molecule has 3 nitrogen and oxygen atoms in total. The number of piperidine rings is 1. The van der Waals surface area contributed by atoms with Gasteiger partial charge in [0, 0.05) is 24.8 Å². The fraction of sp³-hybridized carbons (Fsp3) is 0.600. The summed E-state index contributed by atoms with van der Waals surface area (Å²) in [6, 6.07) is 4.57. The molecule has 98 valence electrons. The number of benzene rings is 1. The lowest BCUT2D eigenvalue weighted by molar-refractivity contribution is 0.388. The second-order valence-corrected chi connectivity index (χ2v) is 5.38. The summed E-state index contributed by atoms with van der Waals surface area (Å²) in [6.07, 6.45) is 3.57. The quantitative estimate of drug-likeness (QED) is 0.865. The molecule has 0 radical (unpaired) electrons. The second kappa shape index (κ2) is 4.81. The smallest absolute Gasteiger partial charge is 0.127 e. The van der Waals surface area contributed by atoms with Gasteiger partial charge in [-0.3, -0.25) is 0 Å². The van der Waals surface area contributed by atoms with Crippen LogP contribution in [-0.4, -0.2) is 33.8 Å². The summed E-state index contributed by atoms with van der Waals surface area (Å²) in [4.78, 5) is 2.32. The number of hydrogen-bond donors (Lipinski definition) is 1. The van der Waals surface area contributed by atoms with Crippen molar-refractivity contribution in [3.05, 3.63) is 23.3 Å². The Morgan fingerprint density at radius 2 is 2.06 bits per heavy atom. The first-order valence-electron chi connectivity index (χ1n) is 6.93. The van der Waals surface area contributed by atoms with Gasteiger partial charge >= 0.3 is 0 Å². The highest BCUT2D eigenvalue weighted by Crippen LogP contribution is 2.41. The molecule has 0 unspecified atom stereocenters. The van der Waals surface area contributed by atoms with Crippen LogP contribution in [0.4, 0.5) is 5.69 Å². The average molecular weight is 246 g/mol.